The van der Waals surface area contributed by atoms with Gasteiger partial charge in [0.05, 0.1) is 53.7 Å². The molecule has 0 bridgehead atoms. The summed E-state index contributed by atoms with van der Waals surface area (Å²) in [6, 6.07) is 13.2. The van der Waals surface area contributed by atoms with E-state index in [1.165, 1.54) is 48.5 Å². The molecule has 14 nitrogen and oxygen atoms in total. The van der Waals surface area contributed by atoms with E-state index in [0.717, 1.165) is 50.2 Å². The Morgan fingerprint density at radius 2 is 0.900 bits per heavy atom. The molecule has 0 aromatic heterocycles. The fourth-order valence-electron chi connectivity index (χ4n) is 6.46. The molecule has 2 atom stereocenters. The van der Waals surface area contributed by atoms with Crippen molar-refractivity contribution < 1.29 is 55.1 Å². The van der Waals surface area contributed by atoms with Crippen molar-refractivity contribution in [2.24, 2.45) is 20.5 Å². The molecule has 5 rings (SSSR count). The lowest BCUT2D eigenvalue weighted by Gasteiger charge is -2.19. The number of nitrogens with zero attached hydrogens (tertiary/aromatic N) is 4. The second kappa shape index (κ2) is 22.8. The van der Waals surface area contributed by atoms with Crippen LogP contribution in [0.2, 0.25) is 20.1 Å². The quantitative estimate of drug-likeness (QED) is 0.0430. The fraction of sp³-hybridized carbons (Fsp3) is 0.217. The number of nitrogens with one attached hydrogen (secondary N) is 4. The maximum Gasteiger partial charge on any atom is 0.417 e. The topological polar surface area (TPSA) is 200 Å². The molecule has 4 amide bonds. The van der Waals surface area contributed by atoms with Crippen LogP contribution in [0.25, 0.3) is 0 Å². The first-order valence-corrected chi connectivity index (χ1v) is 21.9. The second-order valence-electron chi connectivity index (χ2n) is 14.8. The third kappa shape index (κ3) is 12.9. The van der Waals surface area contributed by atoms with Crippen LogP contribution in [-0.4, -0.2) is 47.3 Å². The number of benzene rings is 5. The van der Waals surface area contributed by atoms with Gasteiger partial charge in [0.25, 0.3) is 23.6 Å². The molecule has 0 saturated heterocycles. The highest BCUT2D eigenvalue weighted by molar-refractivity contribution is 6.38. The second-order valence-corrected chi connectivity index (χ2v) is 16.3. The van der Waals surface area contributed by atoms with Crippen LogP contribution in [-0.2, 0) is 44.4 Å². The molecular formula is C46H36Cl4F6N8O6. The Labute approximate surface area is 414 Å². The van der Waals surface area contributed by atoms with Crippen LogP contribution in [0.3, 0.4) is 0 Å². The molecule has 0 aliphatic rings. The summed E-state index contributed by atoms with van der Waals surface area (Å²) in [4.78, 5) is 78.9. The van der Waals surface area contributed by atoms with Gasteiger partial charge in [-0.05, 0) is 98.5 Å². The van der Waals surface area contributed by atoms with Gasteiger partial charge in [-0.15, -0.1) is 0 Å². The monoisotopic (exact) mass is 1050 g/mol. The maximum absolute atomic E-state index is 13.7. The lowest BCUT2D eigenvalue weighted by molar-refractivity contribution is -0.138. The molecule has 0 heterocycles. The van der Waals surface area contributed by atoms with Gasteiger partial charge < -0.3 is 21.3 Å². The van der Waals surface area contributed by atoms with E-state index in [2.05, 4.69) is 41.7 Å². The van der Waals surface area contributed by atoms with Gasteiger partial charge in [0.2, 0.25) is 12.1 Å². The molecule has 4 N–H and O–H groups in total. The highest BCUT2D eigenvalue weighted by atomic mass is 35.5. The van der Waals surface area contributed by atoms with Crippen LogP contribution in [0.1, 0.15) is 70.7 Å². The normalized spacial score (nSPS) is 12.7. The minimum atomic E-state index is -4.80. The molecule has 366 valence electrons. The summed E-state index contributed by atoms with van der Waals surface area (Å²) in [7, 11) is 0. The Balaban J connectivity index is 1.32. The number of Topliss-reactive ketones (excluding diaryl/α,β-unsaturated/α-hetero) is 2. The molecule has 0 spiro atoms. The summed E-state index contributed by atoms with van der Waals surface area (Å²) in [6.45, 7) is 5.64. The third-order valence-electron chi connectivity index (χ3n) is 9.96. The number of aryl methyl sites for hydroxylation is 2. The van der Waals surface area contributed by atoms with Crippen molar-refractivity contribution in [1.82, 2.24) is 0 Å². The molecular weight excluding hydrogens is 1020 g/mol. The molecule has 0 saturated carbocycles. The Morgan fingerprint density at radius 1 is 0.529 bits per heavy atom. The zero-order valence-corrected chi connectivity index (χ0v) is 39.7. The van der Waals surface area contributed by atoms with Crippen molar-refractivity contribution in [2.75, 3.05) is 21.3 Å². The average molecular weight is 1050 g/mol. The van der Waals surface area contributed by atoms with Crippen LogP contribution in [0, 0.1) is 0 Å². The van der Waals surface area contributed by atoms with Gasteiger partial charge in [-0.2, -0.15) is 46.8 Å². The molecule has 24 heteroatoms. The minimum absolute atomic E-state index is 0.169. The van der Waals surface area contributed by atoms with Gasteiger partial charge in [-0.25, -0.2) is 0 Å². The third-order valence-corrected chi connectivity index (χ3v) is 11.6. The summed E-state index contributed by atoms with van der Waals surface area (Å²) in [5.74, 6) is -5.25. The lowest BCUT2D eigenvalue weighted by Crippen LogP contribution is -2.33. The molecule has 5 aromatic rings. The predicted molar refractivity (Wildman–Crippen MR) is 252 cm³/mol. The van der Waals surface area contributed by atoms with Crippen molar-refractivity contribution >= 4 is 116 Å². The van der Waals surface area contributed by atoms with E-state index in [0.29, 0.717) is 11.1 Å². The van der Waals surface area contributed by atoms with E-state index in [-0.39, 0.29) is 68.1 Å². The molecule has 0 radical (unpaired) electrons. The number of rotatable bonds is 16. The molecule has 0 aliphatic heterocycles. The number of alkyl halides is 6. The first-order chi connectivity index (χ1) is 32.9. The van der Waals surface area contributed by atoms with Crippen molar-refractivity contribution in [3.8, 4) is 0 Å². The summed E-state index contributed by atoms with van der Waals surface area (Å²) in [6.07, 6.45) is -9.05. The van der Waals surface area contributed by atoms with E-state index in [4.69, 9.17) is 46.4 Å². The van der Waals surface area contributed by atoms with Crippen molar-refractivity contribution in [3.63, 3.8) is 0 Å². The van der Waals surface area contributed by atoms with Crippen LogP contribution in [0.15, 0.2) is 105 Å². The smallest absolute Gasteiger partial charge is 0.324 e. The van der Waals surface area contributed by atoms with Gasteiger partial charge in [0, 0.05) is 11.4 Å². The van der Waals surface area contributed by atoms with Crippen LogP contribution in [0.4, 0.5) is 60.5 Å². The molecule has 0 aliphatic carbocycles. The standard InChI is InChI=1S/C46H36Cl4F6N8O6/c1-5-23-19-25(57-43(69)38(21(3)65)63-61-32-17-7-11-26(34(32)47)41(67)58-30-15-9-13-28(36(30)49)45(51,52)53)20-24(6-2)40(23)60-44(70)39(22(4)66)64-62-33-18-8-12-27(35(33)48)42(68)59-31-16-10-14-29(37(31)50)46(54,55)56/h7-20,38-39H,5-6H2,1-4H3,(H,57,69)(H,58,67)(H,59,68)(H,60,70). The van der Waals surface area contributed by atoms with E-state index >= 15 is 0 Å². The van der Waals surface area contributed by atoms with E-state index in [1.54, 1.807) is 13.8 Å². The van der Waals surface area contributed by atoms with Crippen molar-refractivity contribution in [2.45, 2.75) is 65.0 Å². The number of ketones is 2. The Hall–Kier alpha value is -6.74. The maximum atomic E-state index is 13.7. The molecule has 5 aromatic carbocycles. The zero-order valence-electron chi connectivity index (χ0n) is 36.7. The lowest BCUT2D eigenvalue weighted by atomic mass is 10.0. The minimum Gasteiger partial charge on any atom is -0.324 e. The SMILES string of the molecule is CCc1cc(NC(=O)C(N=Nc2cccc(C(=O)Nc3cccc(C(F)(F)F)c3Cl)c2Cl)C(C)=O)cc(CC)c1NC(=O)C(N=Nc1cccc(C(=O)Nc2cccc(C(F)(F)F)c2Cl)c1Cl)C(C)=O. The number of carbonyl (C=O) groups is 6. The van der Waals surface area contributed by atoms with Crippen molar-refractivity contribution in [3.05, 3.63) is 138 Å². The van der Waals surface area contributed by atoms with E-state index < -0.39 is 80.8 Å². The Bertz CT molecular complexity index is 2940. The zero-order chi connectivity index (χ0) is 51.8. The number of anilines is 4. The predicted octanol–water partition coefficient (Wildman–Crippen LogP) is 13.3. The number of hydrogen-bond acceptors (Lipinski definition) is 10. The van der Waals surface area contributed by atoms with Crippen LogP contribution >= 0.6 is 46.4 Å². The number of hydrogen-bond donors (Lipinski definition) is 4. The van der Waals surface area contributed by atoms with Crippen LogP contribution < -0.4 is 21.3 Å². The van der Waals surface area contributed by atoms with Crippen LogP contribution in [0.5, 0.6) is 0 Å². The highest BCUT2D eigenvalue weighted by Gasteiger charge is 2.36. The molecule has 2 unspecified atom stereocenters. The Kier molecular flexibility index (Phi) is 17.6. The summed E-state index contributed by atoms with van der Waals surface area (Å²) < 4.78 is 80.3. The van der Waals surface area contributed by atoms with Crippen molar-refractivity contribution in [1.29, 1.82) is 0 Å². The first-order valence-electron chi connectivity index (χ1n) is 20.4. The summed E-state index contributed by atoms with van der Waals surface area (Å²) in [5, 5.41) is 23.4. The summed E-state index contributed by atoms with van der Waals surface area (Å²) >= 11 is 24.7. The van der Waals surface area contributed by atoms with Gasteiger partial charge in [0.15, 0.2) is 11.6 Å². The largest absolute Gasteiger partial charge is 0.417 e. The molecule has 70 heavy (non-hydrogen) atoms. The van der Waals surface area contributed by atoms with Gasteiger partial charge >= 0.3 is 12.4 Å². The first kappa shape index (κ1) is 54.2. The fourth-order valence-corrected chi connectivity index (χ4v) is 7.52. The highest BCUT2D eigenvalue weighted by Crippen LogP contribution is 2.41. The Morgan fingerprint density at radius 3 is 1.26 bits per heavy atom. The molecule has 0 fully saturated rings. The summed E-state index contributed by atoms with van der Waals surface area (Å²) in [5.41, 5.74) is -2.48. The number of halogens is 10. The van der Waals surface area contributed by atoms with Gasteiger partial charge in [-0.3, -0.25) is 28.8 Å². The van der Waals surface area contributed by atoms with Gasteiger partial charge in [-0.1, -0.05) is 84.5 Å². The average Bonchev–Trinajstić information content (AvgIpc) is 3.28. The number of amides is 4. The van der Waals surface area contributed by atoms with Gasteiger partial charge in [0.1, 0.15) is 11.4 Å². The van der Waals surface area contributed by atoms with E-state index in [9.17, 15) is 55.1 Å². The van der Waals surface area contributed by atoms with E-state index in [1.807, 2.05) is 0 Å². The number of carbonyl (C=O) groups excluding carboxylic acids is 6. The number of azo groups is 2.